The average molecular weight is 418 g/mol. The molecular formula is C26H31N3O2. The van der Waals surface area contributed by atoms with Crippen molar-refractivity contribution in [3.05, 3.63) is 71.4 Å². The largest absolute Gasteiger partial charge is 0.361 e. The van der Waals surface area contributed by atoms with Crippen LogP contribution < -0.4 is 5.32 Å². The van der Waals surface area contributed by atoms with Gasteiger partial charge in [0.05, 0.1) is 6.04 Å². The van der Waals surface area contributed by atoms with Crippen molar-refractivity contribution in [1.29, 1.82) is 0 Å². The van der Waals surface area contributed by atoms with Crippen LogP contribution in [0.3, 0.4) is 0 Å². The maximum Gasteiger partial charge on any atom is 0.255 e. The molecule has 5 nitrogen and oxygen atoms in total. The van der Waals surface area contributed by atoms with Crippen LogP contribution in [0.4, 0.5) is 0 Å². The summed E-state index contributed by atoms with van der Waals surface area (Å²) in [5.74, 6) is -0.189. The fourth-order valence-electron chi connectivity index (χ4n) is 4.61. The summed E-state index contributed by atoms with van der Waals surface area (Å²) in [7, 11) is 0. The summed E-state index contributed by atoms with van der Waals surface area (Å²) < 4.78 is 0. The van der Waals surface area contributed by atoms with Crippen LogP contribution in [0.25, 0.3) is 10.9 Å². The number of aromatic nitrogens is 1. The third kappa shape index (κ3) is 4.36. The molecule has 2 aromatic carbocycles. The van der Waals surface area contributed by atoms with Crippen molar-refractivity contribution in [2.75, 3.05) is 6.54 Å². The number of para-hydroxylation sites is 1. The summed E-state index contributed by atoms with van der Waals surface area (Å²) >= 11 is 0. The minimum atomic E-state index is -0.273. The van der Waals surface area contributed by atoms with Crippen molar-refractivity contribution < 1.29 is 9.59 Å². The van der Waals surface area contributed by atoms with E-state index in [4.69, 9.17) is 0 Å². The highest BCUT2D eigenvalue weighted by Crippen LogP contribution is 2.40. The molecule has 0 radical (unpaired) electrons. The molecule has 1 aromatic heterocycles. The Kier molecular flexibility index (Phi) is 6.40. The molecule has 2 N–H and O–H groups in total. The second-order valence-corrected chi connectivity index (χ2v) is 8.53. The van der Waals surface area contributed by atoms with Crippen LogP contribution in [-0.2, 0) is 4.79 Å². The summed E-state index contributed by atoms with van der Waals surface area (Å²) in [6, 6.07) is 15.6. The SMILES string of the molecule is CCCCCC[C@H](C)NC(=O)CN1C(=O)c2ccccc2[C@@H]1c1c[nH]c2ccccc12. The lowest BCUT2D eigenvalue weighted by molar-refractivity contribution is -0.122. The number of nitrogens with zero attached hydrogens (tertiary/aromatic N) is 1. The quantitative estimate of drug-likeness (QED) is 0.471. The Bertz CT molecular complexity index is 1070. The number of fused-ring (bicyclic) bond motifs is 2. The number of hydrogen-bond donors (Lipinski definition) is 2. The summed E-state index contributed by atoms with van der Waals surface area (Å²) in [6.45, 7) is 4.29. The molecular weight excluding hydrogens is 386 g/mol. The first-order valence-corrected chi connectivity index (χ1v) is 11.4. The van der Waals surface area contributed by atoms with E-state index < -0.39 is 0 Å². The van der Waals surface area contributed by atoms with Crippen LogP contribution in [0.1, 0.15) is 73.5 Å². The zero-order chi connectivity index (χ0) is 21.8. The maximum absolute atomic E-state index is 13.2. The van der Waals surface area contributed by atoms with Crippen molar-refractivity contribution in [2.24, 2.45) is 0 Å². The molecule has 4 rings (SSSR count). The number of aromatic amines is 1. The Morgan fingerprint density at radius 1 is 1.06 bits per heavy atom. The van der Waals surface area contributed by atoms with Gasteiger partial charge < -0.3 is 15.2 Å². The molecule has 3 aromatic rings. The minimum Gasteiger partial charge on any atom is -0.361 e. The van der Waals surface area contributed by atoms with Gasteiger partial charge in [0.2, 0.25) is 5.91 Å². The van der Waals surface area contributed by atoms with E-state index >= 15 is 0 Å². The number of carbonyl (C=O) groups excluding carboxylic acids is 2. The van der Waals surface area contributed by atoms with Crippen LogP contribution in [-0.4, -0.2) is 34.3 Å². The highest BCUT2D eigenvalue weighted by molar-refractivity contribution is 6.02. The Morgan fingerprint density at radius 2 is 1.84 bits per heavy atom. The van der Waals surface area contributed by atoms with Gasteiger partial charge in [-0.1, -0.05) is 69.0 Å². The van der Waals surface area contributed by atoms with E-state index in [1.807, 2.05) is 55.6 Å². The molecule has 0 spiro atoms. The van der Waals surface area contributed by atoms with Gasteiger partial charge in [-0.2, -0.15) is 0 Å². The number of rotatable bonds is 9. The van der Waals surface area contributed by atoms with E-state index in [2.05, 4.69) is 23.3 Å². The topological polar surface area (TPSA) is 65.2 Å². The lowest BCUT2D eigenvalue weighted by atomic mass is 9.97. The molecule has 5 heteroatoms. The van der Waals surface area contributed by atoms with Crippen molar-refractivity contribution in [3.8, 4) is 0 Å². The van der Waals surface area contributed by atoms with E-state index in [0.717, 1.165) is 34.9 Å². The lowest BCUT2D eigenvalue weighted by Gasteiger charge is -2.26. The van der Waals surface area contributed by atoms with Gasteiger partial charge in [-0.3, -0.25) is 9.59 Å². The number of amides is 2. The molecule has 1 aliphatic rings. The van der Waals surface area contributed by atoms with Crippen molar-refractivity contribution in [3.63, 3.8) is 0 Å². The Hall–Kier alpha value is -3.08. The lowest BCUT2D eigenvalue weighted by Crippen LogP contribution is -2.42. The predicted molar refractivity (Wildman–Crippen MR) is 124 cm³/mol. The summed E-state index contributed by atoms with van der Waals surface area (Å²) in [5.41, 5.74) is 3.68. The fourth-order valence-corrected chi connectivity index (χ4v) is 4.61. The number of nitrogens with one attached hydrogen (secondary N) is 2. The Balaban J connectivity index is 1.55. The van der Waals surface area contributed by atoms with E-state index in [-0.39, 0.29) is 30.4 Å². The smallest absolute Gasteiger partial charge is 0.255 e. The Morgan fingerprint density at radius 3 is 2.68 bits per heavy atom. The fraction of sp³-hybridized carbons (Fsp3) is 0.385. The van der Waals surface area contributed by atoms with Crippen LogP contribution in [0.5, 0.6) is 0 Å². The van der Waals surface area contributed by atoms with Crippen LogP contribution in [0.15, 0.2) is 54.7 Å². The second-order valence-electron chi connectivity index (χ2n) is 8.53. The molecule has 0 saturated carbocycles. The van der Waals surface area contributed by atoms with Gasteiger partial charge in [-0.15, -0.1) is 0 Å². The molecule has 0 unspecified atom stereocenters. The highest BCUT2D eigenvalue weighted by Gasteiger charge is 2.39. The van der Waals surface area contributed by atoms with Gasteiger partial charge in [0.25, 0.3) is 5.91 Å². The second kappa shape index (κ2) is 9.38. The highest BCUT2D eigenvalue weighted by atomic mass is 16.2. The van der Waals surface area contributed by atoms with Gasteiger partial charge in [-0.25, -0.2) is 0 Å². The first-order chi connectivity index (χ1) is 15.1. The molecule has 0 bridgehead atoms. The normalized spacial score (nSPS) is 16.5. The molecule has 0 aliphatic carbocycles. The zero-order valence-electron chi connectivity index (χ0n) is 18.4. The van der Waals surface area contributed by atoms with E-state index in [0.29, 0.717) is 5.56 Å². The van der Waals surface area contributed by atoms with E-state index in [9.17, 15) is 9.59 Å². The van der Waals surface area contributed by atoms with E-state index in [1.165, 1.54) is 19.3 Å². The standard InChI is InChI=1S/C26H31N3O2/c1-3-4-5-6-11-18(2)28-24(30)17-29-25(20-13-7-8-14-21(20)26(29)31)22-16-27-23-15-10-9-12-19(22)23/h7-10,12-16,18,25,27H,3-6,11,17H2,1-2H3,(H,28,30)/t18-,25+/m0/s1. The number of benzene rings is 2. The minimum absolute atomic E-state index is 0.0526. The Labute approximate surface area is 183 Å². The molecule has 1 aliphatic heterocycles. The van der Waals surface area contributed by atoms with Gasteiger partial charge in [-0.05, 0) is 31.0 Å². The third-order valence-electron chi connectivity index (χ3n) is 6.19. The number of unbranched alkanes of at least 4 members (excludes halogenated alkanes) is 3. The molecule has 0 saturated heterocycles. The van der Waals surface area contributed by atoms with Gasteiger partial charge in [0.15, 0.2) is 0 Å². The average Bonchev–Trinajstić information content (AvgIpc) is 3.31. The molecule has 162 valence electrons. The first kappa shape index (κ1) is 21.2. The summed E-state index contributed by atoms with van der Waals surface area (Å²) in [5, 5.41) is 4.17. The summed E-state index contributed by atoms with van der Waals surface area (Å²) in [6.07, 6.45) is 7.67. The first-order valence-electron chi connectivity index (χ1n) is 11.4. The van der Waals surface area contributed by atoms with Gasteiger partial charge in [0, 0.05) is 34.3 Å². The van der Waals surface area contributed by atoms with E-state index in [1.54, 1.807) is 4.90 Å². The van der Waals surface area contributed by atoms with Gasteiger partial charge >= 0.3 is 0 Å². The monoisotopic (exact) mass is 417 g/mol. The van der Waals surface area contributed by atoms with Crippen molar-refractivity contribution >= 4 is 22.7 Å². The predicted octanol–water partition coefficient (Wildman–Crippen LogP) is 5.19. The molecule has 2 amide bonds. The summed E-state index contributed by atoms with van der Waals surface area (Å²) in [4.78, 5) is 31.1. The zero-order valence-corrected chi connectivity index (χ0v) is 18.4. The molecule has 2 atom stereocenters. The van der Waals surface area contributed by atoms with Crippen molar-refractivity contribution in [2.45, 2.75) is 58.0 Å². The van der Waals surface area contributed by atoms with Crippen LogP contribution in [0, 0.1) is 0 Å². The molecule has 31 heavy (non-hydrogen) atoms. The van der Waals surface area contributed by atoms with Crippen LogP contribution in [0.2, 0.25) is 0 Å². The van der Waals surface area contributed by atoms with Crippen molar-refractivity contribution in [1.82, 2.24) is 15.2 Å². The maximum atomic E-state index is 13.2. The number of carbonyl (C=O) groups is 2. The molecule has 0 fully saturated rings. The van der Waals surface area contributed by atoms with Crippen LogP contribution >= 0.6 is 0 Å². The van der Waals surface area contributed by atoms with Gasteiger partial charge in [0.1, 0.15) is 6.54 Å². The number of H-pyrrole nitrogens is 1. The third-order valence-corrected chi connectivity index (χ3v) is 6.19. The molecule has 2 heterocycles. The number of hydrogen-bond acceptors (Lipinski definition) is 2.